The van der Waals surface area contributed by atoms with Crippen molar-refractivity contribution < 1.29 is 38.5 Å². The number of alkyl carbamates (subject to hydrolysis) is 2. The maximum atomic E-state index is 12.9. The molecule has 0 radical (unpaired) electrons. The summed E-state index contributed by atoms with van der Waals surface area (Å²) in [5.41, 5.74) is 1.42. The maximum Gasteiger partial charge on any atom is 0.407 e. The summed E-state index contributed by atoms with van der Waals surface area (Å²) < 4.78 is 19.1. The van der Waals surface area contributed by atoms with Crippen LogP contribution in [-0.2, 0) is 27.3 Å². The van der Waals surface area contributed by atoms with E-state index in [1.807, 2.05) is 90.9 Å². The molecule has 6 rings (SSSR count). The number of carboxylic acids is 1. The van der Waals surface area contributed by atoms with Gasteiger partial charge in [0.1, 0.15) is 33.6 Å². The maximum absolute atomic E-state index is 12.9. The third-order valence-electron chi connectivity index (χ3n) is 10.3. The minimum atomic E-state index is -1.22. The number of carboxylic acid groups (broad SMARTS) is 1. The number of aromatic carboxylic acids is 1. The van der Waals surface area contributed by atoms with Crippen molar-refractivity contribution in [1.82, 2.24) is 39.7 Å². The molecule has 0 saturated carbocycles. The number of methoxy groups -OCH3 is 1. The standard InChI is InChI=1S/C23H33N5O5.C22H31N5O5/c1-14(2)9-11-28-18-16(12-17(20(30)32-6)25-19(18)29)26-21(28)27-10-7-8-15(13-27)24-22(31)33-23(3,4)5;1-13(2)8-10-27-17-15(11-16(19(29)30)24-18(17)28)25-20(27)26-9-6-7-14(12-26)23-21(31)32-22(3,4)5/h9,12,15H,7-8,10-11,13H2,1-6H3,(H,24,31)(H,25,29);8,11,14H,6-7,9-10,12H2,1-5H3,(H,23,31)(H,24,28)(H,29,30)/t15-;14-/m11/s1. The zero-order valence-electron chi connectivity index (χ0n) is 39.3. The molecule has 2 saturated heterocycles. The van der Waals surface area contributed by atoms with Crippen molar-refractivity contribution in [1.29, 1.82) is 0 Å². The lowest BCUT2D eigenvalue weighted by molar-refractivity contribution is 0.0488. The van der Waals surface area contributed by atoms with Gasteiger partial charge in [-0.1, -0.05) is 23.3 Å². The molecule has 5 N–H and O–H groups in total. The first-order valence-electron chi connectivity index (χ1n) is 21.8. The number of hydrogen-bond donors (Lipinski definition) is 5. The van der Waals surface area contributed by atoms with Crippen LogP contribution in [0.15, 0.2) is 45.0 Å². The number of nitrogens with zero attached hydrogens (tertiary/aromatic N) is 6. The molecule has 6 heterocycles. The number of aromatic amines is 2. The zero-order valence-corrected chi connectivity index (χ0v) is 39.3. The summed E-state index contributed by atoms with van der Waals surface area (Å²) >= 11 is 0. The molecule has 2 aliphatic heterocycles. The summed E-state index contributed by atoms with van der Waals surface area (Å²) in [7, 11) is 1.26. The van der Waals surface area contributed by atoms with E-state index < -0.39 is 46.4 Å². The van der Waals surface area contributed by atoms with E-state index in [1.54, 1.807) is 4.57 Å². The fourth-order valence-corrected chi connectivity index (χ4v) is 7.52. The Kier molecular flexibility index (Phi) is 15.6. The van der Waals surface area contributed by atoms with Gasteiger partial charge in [0.15, 0.2) is 0 Å². The number of carbonyl (C=O) groups excluding carboxylic acids is 3. The highest BCUT2D eigenvalue weighted by Gasteiger charge is 2.30. The number of fused-ring (bicyclic) bond motifs is 2. The fourth-order valence-electron chi connectivity index (χ4n) is 7.52. The van der Waals surface area contributed by atoms with Gasteiger partial charge in [0.25, 0.3) is 11.1 Å². The molecule has 20 heteroatoms. The third kappa shape index (κ3) is 13.2. The van der Waals surface area contributed by atoms with Crippen LogP contribution in [0.2, 0.25) is 0 Å². The predicted molar refractivity (Wildman–Crippen MR) is 247 cm³/mol. The van der Waals surface area contributed by atoms with E-state index in [0.717, 1.165) is 43.4 Å². The largest absolute Gasteiger partial charge is 0.477 e. The average Bonchev–Trinajstić information content (AvgIpc) is 3.77. The van der Waals surface area contributed by atoms with Crippen molar-refractivity contribution in [2.45, 2.75) is 131 Å². The molecule has 65 heavy (non-hydrogen) atoms. The number of imidazole rings is 2. The molecule has 0 unspecified atom stereocenters. The van der Waals surface area contributed by atoms with Crippen LogP contribution in [0.25, 0.3) is 22.1 Å². The van der Waals surface area contributed by atoms with Crippen molar-refractivity contribution in [3.63, 3.8) is 0 Å². The first-order valence-corrected chi connectivity index (χ1v) is 21.8. The van der Waals surface area contributed by atoms with Gasteiger partial charge in [0.2, 0.25) is 11.9 Å². The number of ether oxygens (including phenoxy) is 3. The van der Waals surface area contributed by atoms with Crippen molar-refractivity contribution in [3.05, 3.63) is 67.5 Å². The Morgan fingerprint density at radius 2 is 1.12 bits per heavy atom. The summed E-state index contributed by atoms with van der Waals surface area (Å²) in [6.07, 6.45) is 6.36. The van der Waals surface area contributed by atoms with E-state index in [4.69, 9.17) is 19.2 Å². The lowest BCUT2D eigenvalue weighted by atomic mass is 10.1. The molecule has 4 aromatic rings. The summed E-state index contributed by atoms with van der Waals surface area (Å²) in [5, 5.41) is 15.1. The number of hydrogen-bond acceptors (Lipinski definition) is 13. The average molecular weight is 905 g/mol. The number of piperidine rings is 2. The second-order valence-electron chi connectivity index (χ2n) is 18.8. The molecule has 2 atom stereocenters. The van der Waals surface area contributed by atoms with E-state index in [9.17, 15) is 33.9 Å². The van der Waals surface area contributed by atoms with Crippen molar-refractivity contribution in [2.24, 2.45) is 0 Å². The Labute approximate surface area is 377 Å². The van der Waals surface area contributed by atoms with Crippen LogP contribution in [0.3, 0.4) is 0 Å². The molecule has 0 aromatic carbocycles. The van der Waals surface area contributed by atoms with Gasteiger partial charge >= 0.3 is 24.1 Å². The van der Waals surface area contributed by atoms with Crippen molar-refractivity contribution >= 4 is 58.1 Å². The summed E-state index contributed by atoms with van der Waals surface area (Å²) in [5.74, 6) is -0.662. The van der Waals surface area contributed by atoms with Gasteiger partial charge in [-0.25, -0.2) is 29.1 Å². The van der Waals surface area contributed by atoms with Crippen LogP contribution in [0.5, 0.6) is 0 Å². The number of esters is 1. The Hall–Kier alpha value is -6.60. The third-order valence-corrected chi connectivity index (χ3v) is 10.3. The lowest BCUT2D eigenvalue weighted by Gasteiger charge is -2.34. The van der Waals surface area contributed by atoms with E-state index in [1.165, 1.54) is 19.2 Å². The number of allylic oxidation sites excluding steroid dienone is 4. The van der Waals surface area contributed by atoms with Gasteiger partial charge in [-0.05, 0) is 107 Å². The Morgan fingerprint density at radius 3 is 1.49 bits per heavy atom. The number of nitrogens with one attached hydrogen (secondary N) is 4. The van der Waals surface area contributed by atoms with Crippen LogP contribution in [0.1, 0.15) is 116 Å². The number of carbonyl (C=O) groups is 4. The molecule has 4 aromatic heterocycles. The Bertz CT molecular complexity index is 2580. The number of anilines is 2. The number of H-pyrrole nitrogens is 2. The Morgan fingerprint density at radius 1 is 0.723 bits per heavy atom. The molecule has 0 spiro atoms. The first kappa shape index (κ1) is 49.4. The van der Waals surface area contributed by atoms with Crippen LogP contribution >= 0.6 is 0 Å². The second kappa shape index (κ2) is 20.5. The van der Waals surface area contributed by atoms with Gasteiger partial charge in [0.05, 0.1) is 18.1 Å². The summed E-state index contributed by atoms with van der Waals surface area (Å²) in [6, 6.07) is 2.66. The summed E-state index contributed by atoms with van der Waals surface area (Å²) in [6.45, 7) is 22.2. The molecule has 2 fully saturated rings. The van der Waals surface area contributed by atoms with Gasteiger partial charge in [-0.3, -0.25) is 9.59 Å². The smallest absolute Gasteiger partial charge is 0.407 e. The predicted octanol–water partition coefficient (Wildman–Crippen LogP) is 5.85. The first-order chi connectivity index (χ1) is 30.4. The molecule has 354 valence electrons. The van der Waals surface area contributed by atoms with Crippen molar-refractivity contribution in [3.8, 4) is 0 Å². The van der Waals surface area contributed by atoms with Gasteiger partial charge in [-0.2, -0.15) is 0 Å². The van der Waals surface area contributed by atoms with E-state index in [-0.39, 0.29) is 23.5 Å². The molecule has 20 nitrogen and oxygen atoms in total. The van der Waals surface area contributed by atoms with Crippen LogP contribution in [-0.4, -0.2) is 115 Å². The molecule has 2 aliphatic rings. The molecule has 0 aliphatic carbocycles. The van der Waals surface area contributed by atoms with Gasteiger partial charge in [0, 0.05) is 51.4 Å². The number of aromatic nitrogens is 6. The zero-order chi connectivity index (χ0) is 48.0. The minimum Gasteiger partial charge on any atom is -0.477 e. The quantitative estimate of drug-likeness (QED) is 0.0712. The number of rotatable bonds is 10. The highest BCUT2D eigenvalue weighted by Crippen LogP contribution is 2.27. The fraction of sp³-hybridized carbons (Fsp3) is 0.556. The van der Waals surface area contributed by atoms with Gasteiger partial charge < -0.3 is 58.9 Å². The number of pyridine rings is 2. The highest BCUT2D eigenvalue weighted by molar-refractivity contribution is 5.92. The van der Waals surface area contributed by atoms with Crippen LogP contribution in [0, 0.1) is 0 Å². The highest BCUT2D eigenvalue weighted by atomic mass is 16.6. The number of amides is 2. The monoisotopic (exact) mass is 904 g/mol. The van der Waals surface area contributed by atoms with E-state index in [2.05, 4.69) is 30.5 Å². The van der Waals surface area contributed by atoms with E-state index >= 15 is 0 Å². The molecular formula is C45H64N10O10. The second-order valence-corrected chi connectivity index (χ2v) is 18.8. The van der Waals surface area contributed by atoms with Crippen molar-refractivity contribution in [2.75, 3.05) is 43.1 Å². The molecule has 0 bridgehead atoms. The Balaban J connectivity index is 0.000000244. The minimum absolute atomic E-state index is 0.0523. The summed E-state index contributed by atoms with van der Waals surface area (Å²) in [4.78, 5) is 91.9. The van der Waals surface area contributed by atoms with Gasteiger partial charge in [-0.15, -0.1) is 0 Å². The normalized spacial score (nSPS) is 16.5. The molecule has 2 amide bonds. The van der Waals surface area contributed by atoms with E-state index in [0.29, 0.717) is 66.7 Å². The van der Waals surface area contributed by atoms with Crippen LogP contribution < -0.4 is 31.6 Å². The lowest BCUT2D eigenvalue weighted by Crippen LogP contribution is -2.49. The molecular weight excluding hydrogens is 841 g/mol. The SMILES string of the molecule is CC(C)=CCn1c(N2CCC[C@@H](NC(=O)OC(C)(C)C)C2)nc2cc(C(=O)O)[nH]c(=O)c21.COC(=O)c1cc2nc(N3CCC[C@@H](NC(=O)OC(C)(C)C)C3)n(CC=C(C)C)c2c(=O)[nH]1. The topological polar surface area (TPSA) is 248 Å². The van der Waals surface area contributed by atoms with Crippen LogP contribution in [0.4, 0.5) is 21.5 Å².